The molecule has 2 rings (SSSR count). The summed E-state index contributed by atoms with van der Waals surface area (Å²) < 4.78 is 5.09. The Balaban J connectivity index is 2.30. The molecule has 6 heteroatoms. The lowest BCUT2D eigenvalue weighted by atomic mass is 10.1. The van der Waals surface area contributed by atoms with Gasteiger partial charge in [-0.25, -0.2) is 4.98 Å². The molecule has 1 aromatic carbocycles. The van der Waals surface area contributed by atoms with Gasteiger partial charge < -0.3 is 10.1 Å². The van der Waals surface area contributed by atoms with Crippen molar-refractivity contribution in [1.29, 1.82) is 0 Å². The topological polar surface area (TPSA) is 67.0 Å². The summed E-state index contributed by atoms with van der Waals surface area (Å²) in [5.41, 5.74) is 1.27. The molecular weight excluding hydrogens is 278 g/mol. The van der Waals surface area contributed by atoms with E-state index in [0.29, 0.717) is 16.7 Å². The minimum absolute atomic E-state index is 0.178. The van der Waals surface area contributed by atoms with Crippen LogP contribution in [0, 0.1) is 0 Å². The molecule has 0 aliphatic heterocycles. The van der Waals surface area contributed by atoms with Crippen molar-refractivity contribution in [2.24, 2.45) is 0 Å². The molecular formula is C14H16ClN3O2. The Bertz CT molecular complexity index is 668. The number of aromatic nitrogens is 2. The van der Waals surface area contributed by atoms with Gasteiger partial charge in [0.2, 0.25) is 5.95 Å². The van der Waals surface area contributed by atoms with E-state index in [1.807, 2.05) is 13.8 Å². The lowest BCUT2D eigenvalue weighted by Crippen LogP contribution is -2.12. The van der Waals surface area contributed by atoms with Crippen LogP contribution in [0.5, 0.6) is 5.75 Å². The third-order valence-electron chi connectivity index (χ3n) is 2.77. The summed E-state index contributed by atoms with van der Waals surface area (Å²) in [4.78, 5) is 18.6. The molecule has 5 nitrogen and oxygen atoms in total. The first kappa shape index (κ1) is 14.4. The highest BCUT2D eigenvalue weighted by Crippen LogP contribution is 2.28. The highest BCUT2D eigenvalue weighted by molar-refractivity contribution is 6.32. The molecule has 0 bridgehead atoms. The second-order valence-electron chi connectivity index (χ2n) is 4.65. The van der Waals surface area contributed by atoms with Crippen LogP contribution in [0.15, 0.2) is 29.1 Å². The third-order valence-corrected chi connectivity index (χ3v) is 3.06. The van der Waals surface area contributed by atoms with Gasteiger partial charge >= 0.3 is 0 Å². The van der Waals surface area contributed by atoms with Crippen LogP contribution in [0.4, 0.5) is 11.6 Å². The van der Waals surface area contributed by atoms with Crippen molar-refractivity contribution in [2.45, 2.75) is 19.8 Å². The standard InChI is InChI=1S/C14H16ClN3O2/c1-8(2)11-7-13(19)18-14(17-11)16-9-4-5-12(20-3)10(15)6-9/h4-8H,1-3H3,(H2,16,17,18,19). The molecule has 0 aliphatic carbocycles. The molecule has 0 saturated carbocycles. The van der Waals surface area contributed by atoms with Crippen LogP contribution >= 0.6 is 11.6 Å². The first-order valence-electron chi connectivity index (χ1n) is 6.21. The van der Waals surface area contributed by atoms with E-state index in [-0.39, 0.29) is 11.5 Å². The molecule has 0 saturated heterocycles. The molecule has 0 unspecified atom stereocenters. The van der Waals surface area contributed by atoms with Gasteiger partial charge in [0.25, 0.3) is 5.56 Å². The van der Waals surface area contributed by atoms with Crippen LogP contribution in [-0.2, 0) is 0 Å². The molecule has 2 N–H and O–H groups in total. The number of rotatable bonds is 4. The number of methoxy groups -OCH3 is 1. The summed E-state index contributed by atoms with van der Waals surface area (Å²) in [6.07, 6.45) is 0. The molecule has 20 heavy (non-hydrogen) atoms. The fraction of sp³-hybridized carbons (Fsp3) is 0.286. The van der Waals surface area contributed by atoms with E-state index in [0.717, 1.165) is 11.4 Å². The van der Waals surface area contributed by atoms with Crippen molar-refractivity contribution in [2.75, 3.05) is 12.4 Å². The molecule has 1 aromatic heterocycles. The van der Waals surface area contributed by atoms with Gasteiger partial charge in [-0.05, 0) is 24.1 Å². The van der Waals surface area contributed by atoms with Crippen LogP contribution in [0.2, 0.25) is 5.02 Å². The Hall–Kier alpha value is -2.01. The Morgan fingerprint density at radius 2 is 2.10 bits per heavy atom. The SMILES string of the molecule is COc1ccc(Nc2nc(C(C)C)cc(=O)[nH]2)cc1Cl. The van der Waals surface area contributed by atoms with E-state index >= 15 is 0 Å². The summed E-state index contributed by atoms with van der Waals surface area (Å²) in [5.74, 6) is 1.16. The van der Waals surface area contributed by atoms with Gasteiger partial charge in [-0.15, -0.1) is 0 Å². The van der Waals surface area contributed by atoms with E-state index in [1.54, 1.807) is 25.3 Å². The molecule has 106 valence electrons. The number of benzene rings is 1. The predicted molar refractivity (Wildman–Crippen MR) is 80.2 cm³/mol. The second-order valence-corrected chi connectivity index (χ2v) is 5.06. The summed E-state index contributed by atoms with van der Waals surface area (Å²) in [7, 11) is 1.56. The highest BCUT2D eigenvalue weighted by atomic mass is 35.5. The van der Waals surface area contributed by atoms with Crippen LogP contribution in [-0.4, -0.2) is 17.1 Å². The highest BCUT2D eigenvalue weighted by Gasteiger charge is 2.07. The van der Waals surface area contributed by atoms with Crippen molar-refractivity contribution in [1.82, 2.24) is 9.97 Å². The fourth-order valence-corrected chi connectivity index (χ4v) is 1.97. The molecule has 2 aromatic rings. The summed E-state index contributed by atoms with van der Waals surface area (Å²) in [5, 5.41) is 3.51. The van der Waals surface area contributed by atoms with Gasteiger partial charge in [0.05, 0.1) is 17.8 Å². The number of hydrogen-bond donors (Lipinski definition) is 2. The first-order valence-corrected chi connectivity index (χ1v) is 6.59. The summed E-state index contributed by atoms with van der Waals surface area (Å²) in [6, 6.07) is 6.75. The largest absolute Gasteiger partial charge is 0.495 e. The van der Waals surface area contributed by atoms with Gasteiger partial charge in [0, 0.05) is 11.8 Å². The second kappa shape index (κ2) is 5.96. The van der Waals surface area contributed by atoms with E-state index in [2.05, 4.69) is 15.3 Å². The number of halogens is 1. The number of aromatic amines is 1. The number of nitrogens with zero attached hydrogens (tertiary/aromatic N) is 1. The zero-order chi connectivity index (χ0) is 14.7. The maximum Gasteiger partial charge on any atom is 0.252 e. The Morgan fingerprint density at radius 1 is 1.35 bits per heavy atom. The van der Waals surface area contributed by atoms with E-state index in [9.17, 15) is 4.79 Å². The first-order chi connectivity index (χ1) is 9.49. The van der Waals surface area contributed by atoms with Gasteiger partial charge in [-0.3, -0.25) is 9.78 Å². The molecule has 0 atom stereocenters. The monoisotopic (exact) mass is 293 g/mol. The summed E-state index contributed by atoms with van der Waals surface area (Å²) >= 11 is 6.05. The van der Waals surface area contributed by atoms with Crippen molar-refractivity contribution in [3.8, 4) is 5.75 Å². The van der Waals surface area contributed by atoms with E-state index < -0.39 is 0 Å². The van der Waals surface area contributed by atoms with Crippen LogP contribution in [0.25, 0.3) is 0 Å². The minimum atomic E-state index is -0.189. The normalized spacial score (nSPS) is 10.7. The molecule has 0 spiro atoms. The zero-order valence-electron chi connectivity index (χ0n) is 11.5. The quantitative estimate of drug-likeness (QED) is 0.907. The van der Waals surface area contributed by atoms with Crippen LogP contribution in [0.3, 0.4) is 0 Å². The van der Waals surface area contributed by atoms with Gasteiger partial charge in [-0.1, -0.05) is 25.4 Å². The van der Waals surface area contributed by atoms with Crippen molar-refractivity contribution < 1.29 is 4.74 Å². The molecule has 0 radical (unpaired) electrons. The maximum absolute atomic E-state index is 11.6. The van der Waals surface area contributed by atoms with E-state index in [1.165, 1.54) is 6.07 Å². The van der Waals surface area contributed by atoms with Crippen molar-refractivity contribution >= 4 is 23.2 Å². The third kappa shape index (κ3) is 3.30. The number of nitrogens with one attached hydrogen (secondary N) is 2. The Kier molecular flexibility index (Phi) is 4.29. The van der Waals surface area contributed by atoms with Gasteiger partial charge in [0.15, 0.2) is 0 Å². The Labute approximate surface area is 122 Å². The van der Waals surface area contributed by atoms with Gasteiger partial charge in [-0.2, -0.15) is 0 Å². The van der Waals surface area contributed by atoms with Crippen molar-refractivity contribution in [3.05, 3.63) is 45.3 Å². The number of ether oxygens (including phenoxy) is 1. The lowest BCUT2D eigenvalue weighted by Gasteiger charge is -2.10. The minimum Gasteiger partial charge on any atom is -0.495 e. The Morgan fingerprint density at radius 3 is 2.70 bits per heavy atom. The van der Waals surface area contributed by atoms with Crippen LogP contribution < -0.4 is 15.6 Å². The lowest BCUT2D eigenvalue weighted by molar-refractivity contribution is 0.415. The molecule has 0 aliphatic rings. The van der Waals surface area contributed by atoms with Gasteiger partial charge in [0.1, 0.15) is 5.75 Å². The number of anilines is 2. The smallest absolute Gasteiger partial charge is 0.252 e. The average Bonchev–Trinajstić information content (AvgIpc) is 2.38. The predicted octanol–water partition coefficient (Wildman–Crippen LogP) is 3.30. The van der Waals surface area contributed by atoms with E-state index in [4.69, 9.17) is 16.3 Å². The van der Waals surface area contributed by atoms with Crippen LogP contribution in [0.1, 0.15) is 25.5 Å². The summed E-state index contributed by atoms with van der Waals surface area (Å²) in [6.45, 7) is 3.96. The maximum atomic E-state index is 11.6. The zero-order valence-corrected chi connectivity index (χ0v) is 12.3. The number of H-pyrrole nitrogens is 1. The number of hydrogen-bond acceptors (Lipinski definition) is 4. The molecule has 0 amide bonds. The molecule has 0 fully saturated rings. The fourth-order valence-electron chi connectivity index (χ4n) is 1.71. The van der Waals surface area contributed by atoms with Crippen molar-refractivity contribution in [3.63, 3.8) is 0 Å². The molecule has 1 heterocycles. The average molecular weight is 294 g/mol.